The molecule has 0 aromatic heterocycles. The van der Waals surface area contributed by atoms with Crippen LogP contribution in [0.15, 0.2) is 24.3 Å². The Balaban J connectivity index is 2.08. The number of hydrogen-bond donors (Lipinski definition) is 0. The second-order valence-corrected chi connectivity index (χ2v) is 4.13. The molecule has 1 heterocycles. The predicted octanol–water partition coefficient (Wildman–Crippen LogP) is 2.50. The van der Waals surface area contributed by atoms with Gasteiger partial charge in [-0.1, -0.05) is 19.1 Å². The molecule has 1 aliphatic rings. The maximum absolute atomic E-state index is 11.0. The minimum atomic E-state index is -0.0784. The molecule has 1 aromatic carbocycles. The Bertz CT molecular complexity index is 369. The summed E-state index contributed by atoms with van der Waals surface area (Å²) < 4.78 is 10.4. The molecule has 0 amide bonds. The van der Waals surface area contributed by atoms with Crippen LogP contribution in [0, 0.1) is 0 Å². The maximum Gasteiger partial charge on any atom is 0.306 e. The molecular formula is C13H16O3. The highest BCUT2D eigenvalue weighted by atomic mass is 16.5. The predicted molar refractivity (Wildman–Crippen MR) is 60.5 cm³/mol. The van der Waals surface area contributed by atoms with Crippen LogP contribution in [0.25, 0.3) is 0 Å². The summed E-state index contributed by atoms with van der Waals surface area (Å²) in [7, 11) is 1.65. The number of benzene rings is 1. The van der Waals surface area contributed by atoms with E-state index < -0.39 is 0 Å². The number of esters is 1. The highest BCUT2D eigenvalue weighted by molar-refractivity contribution is 5.71. The zero-order valence-corrected chi connectivity index (χ0v) is 9.60. The van der Waals surface area contributed by atoms with E-state index in [9.17, 15) is 4.79 Å². The van der Waals surface area contributed by atoms with E-state index >= 15 is 0 Å². The first-order valence-corrected chi connectivity index (χ1v) is 5.54. The number of carbonyl (C=O) groups excluding carboxylic acids is 1. The Hall–Kier alpha value is -1.51. The van der Waals surface area contributed by atoms with Crippen LogP contribution < -0.4 is 4.74 Å². The molecule has 0 spiro atoms. The number of ether oxygens (including phenoxy) is 2. The van der Waals surface area contributed by atoms with E-state index in [1.807, 2.05) is 24.3 Å². The Labute approximate surface area is 95.4 Å². The third-order valence-electron chi connectivity index (χ3n) is 3.12. The van der Waals surface area contributed by atoms with Crippen LogP contribution in [0.5, 0.6) is 5.75 Å². The maximum atomic E-state index is 11.0. The summed E-state index contributed by atoms with van der Waals surface area (Å²) in [5, 5.41) is 0. The van der Waals surface area contributed by atoms with Gasteiger partial charge in [-0.25, -0.2) is 0 Å². The quantitative estimate of drug-likeness (QED) is 0.734. The molecule has 0 saturated carbocycles. The minimum Gasteiger partial charge on any atom is -0.497 e. The van der Waals surface area contributed by atoms with Gasteiger partial charge >= 0.3 is 5.97 Å². The molecule has 86 valence electrons. The first-order valence-electron chi connectivity index (χ1n) is 5.54. The van der Waals surface area contributed by atoms with Crippen LogP contribution in [0.3, 0.4) is 0 Å². The van der Waals surface area contributed by atoms with Crippen molar-refractivity contribution in [2.24, 2.45) is 0 Å². The highest BCUT2D eigenvalue weighted by Gasteiger charge is 2.29. The van der Waals surface area contributed by atoms with Crippen molar-refractivity contribution in [2.75, 3.05) is 7.11 Å². The van der Waals surface area contributed by atoms with Gasteiger partial charge in [0.2, 0.25) is 0 Å². The zero-order chi connectivity index (χ0) is 11.5. The lowest BCUT2D eigenvalue weighted by atomic mass is 9.94. The van der Waals surface area contributed by atoms with Gasteiger partial charge in [-0.2, -0.15) is 0 Å². The molecule has 3 heteroatoms. The van der Waals surface area contributed by atoms with Crippen molar-refractivity contribution >= 4 is 5.97 Å². The third kappa shape index (κ3) is 2.18. The van der Waals surface area contributed by atoms with E-state index in [0.717, 1.165) is 12.2 Å². The van der Waals surface area contributed by atoms with Crippen LogP contribution in [0.1, 0.15) is 31.2 Å². The molecule has 0 radical (unpaired) electrons. The van der Waals surface area contributed by atoms with Crippen molar-refractivity contribution in [1.82, 2.24) is 0 Å². The largest absolute Gasteiger partial charge is 0.497 e. The first kappa shape index (κ1) is 11.0. The fraction of sp³-hybridized carbons (Fsp3) is 0.462. The lowest BCUT2D eigenvalue weighted by Gasteiger charge is -2.18. The van der Waals surface area contributed by atoms with Crippen molar-refractivity contribution in [1.29, 1.82) is 0 Å². The average Bonchev–Trinajstić information content (AvgIpc) is 2.75. The summed E-state index contributed by atoms with van der Waals surface area (Å²) in [6.45, 7) is 2.09. The van der Waals surface area contributed by atoms with Crippen LogP contribution in [-0.2, 0) is 9.53 Å². The monoisotopic (exact) mass is 220 g/mol. The van der Waals surface area contributed by atoms with Gasteiger partial charge in [-0.3, -0.25) is 4.79 Å². The molecule has 2 rings (SSSR count). The van der Waals surface area contributed by atoms with E-state index in [2.05, 4.69) is 6.92 Å². The molecule has 1 saturated heterocycles. The number of hydrogen-bond acceptors (Lipinski definition) is 3. The normalized spacial score (nSPS) is 21.6. The summed E-state index contributed by atoms with van der Waals surface area (Å²) in [6, 6.07) is 7.91. The van der Waals surface area contributed by atoms with Gasteiger partial charge in [0.15, 0.2) is 0 Å². The topological polar surface area (TPSA) is 35.5 Å². The number of carbonyl (C=O) groups is 1. The van der Waals surface area contributed by atoms with Crippen LogP contribution in [0.4, 0.5) is 0 Å². The van der Waals surface area contributed by atoms with E-state index in [1.54, 1.807) is 7.11 Å². The van der Waals surface area contributed by atoms with Gasteiger partial charge < -0.3 is 9.47 Å². The molecule has 0 bridgehead atoms. The lowest BCUT2D eigenvalue weighted by molar-refractivity contribution is -0.142. The minimum absolute atomic E-state index is 0.0286. The van der Waals surface area contributed by atoms with Crippen LogP contribution >= 0.6 is 0 Å². The van der Waals surface area contributed by atoms with Crippen LogP contribution in [0.2, 0.25) is 0 Å². The molecule has 1 fully saturated rings. The summed E-state index contributed by atoms with van der Waals surface area (Å²) in [4.78, 5) is 11.0. The fourth-order valence-corrected chi connectivity index (χ4v) is 2.02. The smallest absolute Gasteiger partial charge is 0.306 e. The Morgan fingerprint density at radius 2 is 2.06 bits per heavy atom. The fourth-order valence-electron chi connectivity index (χ4n) is 2.02. The van der Waals surface area contributed by atoms with E-state index in [4.69, 9.17) is 9.47 Å². The molecule has 2 atom stereocenters. The van der Waals surface area contributed by atoms with Crippen LogP contribution in [-0.4, -0.2) is 19.2 Å². The van der Waals surface area contributed by atoms with Crippen molar-refractivity contribution in [2.45, 2.75) is 31.8 Å². The van der Waals surface area contributed by atoms with Gasteiger partial charge in [0.05, 0.1) is 7.11 Å². The summed E-state index contributed by atoms with van der Waals surface area (Å²) in [5.74, 6) is 1.02. The SMILES string of the molecule is COc1ccc([C@@H](C)[C@H]2CCC(=O)O2)cc1. The van der Waals surface area contributed by atoms with E-state index in [-0.39, 0.29) is 18.0 Å². The first-order chi connectivity index (χ1) is 7.70. The number of cyclic esters (lactones) is 1. The molecule has 0 aliphatic carbocycles. The Morgan fingerprint density at radius 1 is 1.38 bits per heavy atom. The van der Waals surface area contributed by atoms with Gasteiger partial charge in [0.1, 0.15) is 11.9 Å². The van der Waals surface area contributed by atoms with Crippen molar-refractivity contribution in [3.63, 3.8) is 0 Å². The van der Waals surface area contributed by atoms with Crippen molar-refractivity contribution in [3.8, 4) is 5.75 Å². The second-order valence-electron chi connectivity index (χ2n) is 4.13. The van der Waals surface area contributed by atoms with E-state index in [0.29, 0.717) is 6.42 Å². The Morgan fingerprint density at radius 3 is 2.56 bits per heavy atom. The van der Waals surface area contributed by atoms with Gasteiger partial charge in [0, 0.05) is 12.3 Å². The number of rotatable bonds is 3. The molecule has 0 unspecified atom stereocenters. The zero-order valence-electron chi connectivity index (χ0n) is 9.60. The van der Waals surface area contributed by atoms with Gasteiger partial charge in [-0.05, 0) is 24.1 Å². The highest BCUT2D eigenvalue weighted by Crippen LogP contribution is 2.29. The molecule has 1 aliphatic heterocycles. The molecule has 3 nitrogen and oxygen atoms in total. The van der Waals surface area contributed by atoms with Gasteiger partial charge in [-0.15, -0.1) is 0 Å². The lowest BCUT2D eigenvalue weighted by Crippen LogP contribution is -2.15. The molecule has 16 heavy (non-hydrogen) atoms. The van der Waals surface area contributed by atoms with E-state index in [1.165, 1.54) is 5.56 Å². The summed E-state index contributed by atoms with van der Waals surface area (Å²) in [6.07, 6.45) is 1.40. The summed E-state index contributed by atoms with van der Waals surface area (Å²) in [5.41, 5.74) is 1.18. The standard InChI is InChI=1S/C13H16O3/c1-9(12-7-8-13(14)16-12)10-3-5-11(15-2)6-4-10/h3-6,9,12H,7-8H2,1-2H3/t9-,12-/m1/s1. The molecular weight excluding hydrogens is 204 g/mol. The summed E-state index contributed by atoms with van der Waals surface area (Å²) >= 11 is 0. The van der Waals surface area contributed by atoms with Crippen molar-refractivity contribution < 1.29 is 14.3 Å². The molecule has 1 aromatic rings. The van der Waals surface area contributed by atoms with Crippen molar-refractivity contribution in [3.05, 3.63) is 29.8 Å². The van der Waals surface area contributed by atoms with Gasteiger partial charge in [0.25, 0.3) is 0 Å². The average molecular weight is 220 g/mol. The number of methoxy groups -OCH3 is 1. The second kappa shape index (κ2) is 4.56. The molecule has 0 N–H and O–H groups in total. The Kier molecular flexibility index (Phi) is 3.13. The third-order valence-corrected chi connectivity index (χ3v) is 3.12.